The molecule has 1 aromatic heterocycles. The van der Waals surface area contributed by atoms with E-state index in [4.69, 9.17) is 11.6 Å². The topological polar surface area (TPSA) is 71.8 Å². The van der Waals surface area contributed by atoms with Gasteiger partial charge in [-0.25, -0.2) is 0 Å². The molecule has 33 heavy (non-hydrogen) atoms. The highest BCUT2D eigenvalue weighted by Gasteiger charge is 2.16. The Balaban J connectivity index is 1.48. The summed E-state index contributed by atoms with van der Waals surface area (Å²) in [5.41, 5.74) is 4.79. The summed E-state index contributed by atoms with van der Waals surface area (Å²) in [6.07, 6.45) is 0. The number of anilines is 2. The molecule has 0 saturated heterocycles. The molecule has 0 atom stereocenters. The molecule has 4 rings (SSSR count). The molecule has 0 unspecified atom stereocenters. The molecule has 0 fully saturated rings. The number of para-hydroxylation sites is 1. The molecule has 0 aliphatic carbocycles. The molecule has 0 radical (unpaired) electrons. The molecule has 0 aliphatic rings. The average Bonchev–Trinajstić information content (AvgIpc) is 3.23. The fourth-order valence-corrected chi connectivity index (χ4v) is 4.15. The third-order valence-electron chi connectivity index (χ3n) is 5.00. The van der Waals surface area contributed by atoms with Gasteiger partial charge in [0.05, 0.1) is 12.3 Å². The summed E-state index contributed by atoms with van der Waals surface area (Å²) in [5, 5.41) is 16.3. The maximum absolute atomic E-state index is 12.5. The van der Waals surface area contributed by atoms with Gasteiger partial charge in [-0.05, 0) is 55.8 Å². The molecular weight excluding hydrogens is 454 g/mol. The van der Waals surface area contributed by atoms with E-state index in [9.17, 15) is 4.79 Å². The van der Waals surface area contributed by atoms with Crippen LogP contribution in [0.5, 0.6) is 0 Å². The quantitative estimate of drug-likeness (QED) is 0.310. The number of benzene rings is 3. The number of nitrogens with one attached hydrogen (secondary N) is 2. The van der Waals surface area contributed by atoms with E-state index in [0.29, 0.717) is 22.4 Å². The van der Waals surface area contributed by atoms with Gasteiger partial charge in [-0.15, -0.1) is 10.2 Å². The van der Waals surface area contributed by atoms with Crippen molar-refractivity contribution in [2.24, 2.45) is 0 Å². The maximum Gasteiger partial charge on any atom is 0.234 e. The Bertz CT molecular complexity index is 1240. The first-order valence-electron chi connectivity index (χ1n) is 10.5. The average molecular weight is 478 g/mol. The van der Waals surface area contributed by atoms with E-state index in [1.165, 1.54) is 17.3 Å². The highest BCUT2D eigenvalue weighted by Crippen LogP contribution is 2.24. The number of nitrogens with zero attached hydrogens (tertiary/aromatic N) is 3. The number of halogens is 1. The van der Waals surface area contributed by atoms with Crippen LogP contribution in [-0.2, 0) is 11.3 Å². The van der Waals surface area contributed by atoms with E-state index in [0.717, 1.165) is 22.8 Å². The van der Waals surface area contributed by atoms with Crippen LogP contribution in [0.2, 0.25) is 5.02 Å². The fraction of sp³-hybridized carbons (Fsp3) is 0.160. The van der Waals surface area contributed by atoms with E-state index < -0.39 is 0 Å². The predicted octanol–water partition coefficient (Wildman–Crippen LogP) is 5.88. The normalized spacial score (nSPS) is 10.8. The molecule has 168 valence electrons. The smallest absolute Gasteiger partial charge is 0.234 e. The lowest BCUT2D eigenvalue weighted by molar-refractivity contribution is -0.113. The monoisotopic (exact) mass is 477 g/mol. The van der Waals surface area contributed by atoms with Crippen molar-refractivity contribution < 1.29 is 4.79 Å². The fourth-order valence-electron chi connectivity index (χ4n) is 3.20. The zero-order chi connectivity index (χ0) is 23.2. The number of thioether (sulfide) groups is 1. The van der Waals surface area contributed by atoms with E-state index >= 15 is 0 Å². The second kappa shape index (κ2) is 10.6. The van der Waals surface area contributed by atoms with E-state index in [1.807, 2.05) is 66.1 Å². The predicted molar refractivity (Wildman–Crippen MR) is 135 cm³/mol. The largest absolute Gasteiger partial charge is 0.378 e. The molecule has 0 aliphatic heterocycles. The Morgan fingerprint density at radius 3 is 2.42 bits per heavy atom. The van der Waals surface area contributed by atoms with Crippen LogP contribution >= 0.6 is 23.4 Å². The molecule has 0 bridgehead atoms. The number of hydrogen-bond donors (Lipinski definition) is 2. The van der Waals surface area contributed by atoms with Gasteiger partial charge in [0.15, 0.2) is 11.0 Å². The molecular formula is C25H24ClN5OS. The molecule has 0 spiro atoms. The molecule has 2 N–H and O–H groups in total. The number of carbonyl (C=O) groups excluding carboxylic acids is 1. The number of hydrogen-bond acceptors (Lipinski definition) is 5. The zero-order valence-corrected chi connectivity index (χ0v) is 20.0. The van der Waals surface area contributed by atoms with Crippen LogP contribution in [0.3, 0.4) is 0 Å². The summed E-state index contributed by atoms with van der Waals surface area (Å²) in [5.74, 6) is 0.818. The Kier molecular flexibility index (Phi) is 7.32. The lowest BCUT2D eigenvalue weighted by Gasteiger charge is -2.12. The molecule has 6 nitrogen and oxygen atoms in total. The second-order valence-corrected chi connectivity index (χ2v) is 8.94. The van der Waals surface area contributed by atoms with Crippen LogP contribution in [0.1, 0.15) is 17.0 Å². The van der Waals surface area contributed by atoms with Gasteiger partial charge in [-0.3, -0.25) is 9.36 Å². The third kappa shape index (κ3) is 5.94. The Labute approximate surface area is 202 Å². The Morgan fingerprint density at radius 2 is 1.70 bits per heavy atom. The first-order chi connectivity index (χ1) is 16.0. The number of aryl methyl sites for hydroxylation is 2. The van der Waals surface area contributed by atoms with Gasteiger partial charge in [-0.1, -0.05) is 65.3 Å². The Morgan fingerprint density at radius 1 is 0.970 bits per heavy atom. The van der Waals surface area contributed by atoms with Crippen molar-refractivity contribution in [1.29, 1.82) is 0 Å². The highest BCUT2D eigenvalue weighted by atomic mass is 35.5. The van der Waals surface area contributed by atoms with Crippen LogP contribution in [0.4, 0.5) is 11.4 Å². The molecule has 3 aromatic carbocycles. The molecule has 1 heterocycles. The molecule has 8 heteroatoms. The van der Waals surface area contributed by atoms with Gasteiger partial charge < -0.3 is 10.6 Å². The van der Waals surface area contributed by atoms with E-state index in [-0.39, 0.29) is 11.7 Å². The molecule has 4 aromatic rings. The highest BCUT2D eigenvalue weighted by molar-refractivity contribution is 7.99. The summed E-state index contributed by atoms with van der Waals surface area (Å²) in [4.78, 5) is 12.5. The van der Waals surface area contributed by atoms with Crippen molar-refractivity contribution in [3.8, 4) is 5.69 Å². The number of amides is 1. The first-order valence-corrected chi connectivity index (χ1v) is 11.8. The van der Waals surface area contributed by atoms with Crippen molar-refractivity contribution in [3.05, 3.63) is 94.8 Å². The van der Waals surface area contributed by atoms with Crippen LogP contribution in [0.25, 0.3) is 5.69 Å². The number of carbonyl (C=O) groups is 1. The molecule has 1 amide bonds. The van der Waals surface area contributed by atoms with Gasteiger partial charge in [0.2, 0.25) is 5.91 Å². The summed E-state index contributed by atoms with van der Waals surface area (Å²) >= 11 is 7.50. The zero-order valence-electron chi connectivity index (χ0n) is 18.4. The summed E-state index contributed by atoms with van der Waals surface area (Å²) < 4.78 is 1.97. The first kappa shape index (κ1) is 22.9. The maximum atomic E-state index is 12.5. The van der Waals surface area contributed by atoms with Gasteiger partial charge in [-0.2, -0.15) is 0 Å². The van der Waals surface area contributed by atoms with Crippen molar-refractivity contribution in [1.82, 2.24) is 14.8 Å². The minimum Gasteiger partial charge on any atom is -0.378 e. The second-order valence-electron chi connectivity index (χ2n) is 7.59. The molecule has 0 saturated carbocycles. The standard InChI is InChI=1S/C25H24ClN5OS/c1-17-8-11-19(12-9-17)27-15-23-29-30-25(31(23)21-6-4-3-5-7-21)33-16-24(32)28-20-13-10-18(2)22(26)14-20/h3-14,27H,15-16H2,1-2H3,(H,28,32). The van der Waals surface area contributed by atoms with Crippen molar-refractivity contribution in [3.63, 3.8) is 0 Å². The third-order valence-corrected chi connectivity index (χ3v) is 6.34. The van der Waals surface area contributed by atoms with Gasteiger partial charge in [0.1, 0.15) is 0 Å². The number of rotatable bonds is 8. The van der Waals surface area contributed by atoms with Crippen LogP contribution in [0.15, 0.2) is 78.0 Å². The number of aromatic nitrogens is 3. The lowest BCUT2D eigenvalue weighted by atomic mass is 10.2. The summed E-state index contributed by atoms with van der Waals surface area (Å²) in [6, 6.07) is 23.6. The summed E-state index contributed by atoms with van der Waals surface area (Å²) in [7, 11) is 0. The minimum absolute atomic E-state index is 0.137. The lowest BCUT2D eigenvalue weighted by Crippen LogP contribution is -2.15. The van der Waals surface area contributed by atoms with Crippen molar-refractivity contribution >= 4 is 40.6 Å². The van der Waals surface area contributed by atoms with Crippen LogP contribution in [-0.4, -0.2) is 26.4 Å². The Hall–Kier alpha value is -3.29. The van der Waals surface area contributed by atoms with Gasteiger partial charge in [0, 0.05) is 22.1 Å². The summed E-state index contributed by atoms with van der Waals surface area (Å²) in [6.45, 7) is 4.48. The van der Waals surface area contributed by atoms with Gasteiger partial charge in [0.25, 0.3) is 0 Å². The van der Waals surface area contributed by atoms with Crippen molar-refractivity contribution in [2.45, 2.75) is 25.5 Å². The van der Waals surface area contributed by atoms with Crippen LogP contribution in [0, 0.1) is 13.8 Å². The van der Waals surface area contributed by atoms with Gasteiger partial charge >= 0.3 is 0 Å². The van der Waals surface area contributed by atoms with Crippen LogP contribution < -0.4 is 10.6 Å². The van der Waals surface area contributed by atoms with E-state index in [2.05, 4.69) is 39.9 Å². The van der Waals surface area contributed by atoms with E-state index in [1.54, 1.807) is 6.07 Å². The SMILES string of the molecule is Cc1ccc(NCc2nnc(SCC(=O)Nc3ccc(C)c(Cl)c3)n2-c2ccccc2)cc1. The minimum atomic E-state index is -0.137. The van der Waals surface area contributed by atoms with Crippen molar-refractivity contribution in [2.75, 3.05) is 16.4 Å².